The molecule has 0 spiro atoms. The predicted octanol–water partition coefficient (Wildman–Crippen LogP) is 4.08. The van der Waals surface area contributed by atoms with E-state index in [1.54, 1.807) is 12.1 Å². The Morgan fingerprint density at radius 3 is 2.27 bits per heavy atom. The number of carbonyl (C=O) groups excluding carboxylic acids is 1. The number of likely N-dealkylation sites (tertiary alicyclic amines) is 1. The van der Waals surface area contributed by atoms with Crippen molar-refractivity contribution in [3.8, 4) is 0 Å². The van der Waals surface area contributed by atoms with Crippen LogP contribution in [0.5, 0.6) is 0 Å². The Labute approximate surface area is 126 Å². The van der Waals surface area contributed by atoms with E-state index in [2.05, 4.69) is 0 Å². The molecule has 1 saturated heterocycles. The number of rotatable bonds is 2. The minimum Gasteiger partial charge on any atom is -0.331 e. The van der Waals surface area contributed by atoms with Crippen LogP contribution in [0, 0.1) is 17.5 Å². The molecule has 1 heterocycles. The molecule has 1 aliphatic rings. The third kappa shape index (κ3) is 2.58. The molecule has 5 heteroatoms. The second kappa shape index (κ2) is 5.83. The minimum atomic E-state index is -0.866. The Kier molecular flexibility index (Phi) is 3.88. The topological polar surface area (TPSA) is 20.3 Å². The average Bonchev–Trinajstić information content (AvgIpc) is 2.97. The van der Waals surface area contributed by atoms with Gasteiger partial charge in [-0.1, -0.05) is 18.2 Å². The number of hydrogen-bond acceptors (Lipinski definition) is 1. The van der Waals surface area contributed by atoms with Crippen LogP contribution in [-0.4, -0.2) is 17.4 Å². The smallest absolute Gasteiger partial charge is 0.260 e. The van der Waals surface area contributed by atoms with Gasteiger partial charge in [-0.05, 0) is 42.7 Å². The van der Waals surface area contributed by atoms with Gasteiger partial charge in [-0.2, -0.15) is 0 Å². The molecule has 0 unspecified atom stereocenters. The van der Waals surface area contributed by atoms with E-state index >= 15 is 0 Å². The molecule has 114 valence electrons. The van der Waals surface area contributed by atoms with Crippen molar-refractivity contribution in [1.29, 1.82) is 0 Å². The molecule has 0 aliphatic carbocycles. The van der Waals surface area contributed by atoms with Crippen molar-refractivity contribution in [2.75, 3.05) is 6.54 Å². The summed E-state index contributed by atoms with van der Waals surface area (Å²) in [6, 6.07) is 8.92. The Bertz CT molecular complexity index is 679. The van der Waals surface area contributed by atoms with Crippen LogP contribution in [0.1, 0.15) is 34.8 Å². The molecule has 1 aliphatic heterocycles. The summed E-state index contributed by atoms with van der Waals surface area (Å²) in [4.78, 5) is 14.0. The molecule has 0 radical (unpaired) electrons. The number of carbonyl (C=O) groups is 1. The number of benzene rings is 2. The molecular formula is C17H14F3NO. The fraction of sp³-hybridized carbons (Fsp3) is 0.235. The van der Waals surface area contributed by atoms with Crippen molar-refractivity contribution in [1.82, 2.24) is 4.90 Å². The van der Waals surface area contributed by atoms with E-state index in [1.807, 2.05) is 0 Å². The highest BCUT2D eigenvalue weighted by Crippen LogP contribution is 2.33. The zero-order valence-electron chi connectivity index (χ0n) is 11.7. The van der Waals surface area contributed by atoms with Crippen molar-refractivity contribution in [2.45, 2.75) is 18.9 Å². The third-order valence-corrected chi connectivity index (χ3v) is 3.95. The lowest BCUT2D eigenvalue weighted by atomic mass is 10.0. The van der Waals surface area contributed by atoms with E-state index < -0.39 is 23.1 Å². The summed E-state index contributed by atoms with van der Waals surface area (Å²) < 4.78 is 40.6. The quantitative estimate of drug-likeness (QED) is 0.818. The maximum absolute atomic E-state index is 13.8. The van der Waals surface area contributed by atoms with E-state index in [0.29, 0.717) is 13.0 Å². The minimum absolute atomic E-state index is 0.285. The molecule has 1 amide bonds. The highest BCUT2D eigenvalue weighted by molar-refractivity contribution is 5.95. The van der Waals surface area contributed by atoms with Gasteiger partial charge in [0.2, 0.25) is 0 Å². The van der Waals surface area contributed by atoms with Gasteiger partial charge in [-0.15, -0.1) is 0 Å². The number of hydrogen-bond donors (Lipinski definition) is 0. The Morgan fingerprint density at radius 1 is 1.00 bits per heavy atom. The fourth-order valence-corrected chi connectivity index (χ4v) is 2.89. The second-order valence-corrected chi connectivity index (χ2v) is 5.30. The number of amides is 1. The monoisotopic (exact) mass is 305 g/mol. The van der Waals surface area contributed by atoms with Gasteiger partial charge in [-0.3, -0.25) is 4.79 Å². The van der Waals surface area contributed by atoms with Gasteiger partial charge in [0, 0.05) is 6.54 Å². The van der Waals surface area contributed by atoms with E-state index in [-0.39, 0.29) is 11.9 Å². The van der Waals surface area contributed by atoms with E-state index in [0.717, 1.165) is 24.1 Å². The summed E-state index contributed by atoms with van der Waals surface area (Å²) in [7, 11) is 0. The van der Waals surface area contributed by atoms with Gasteiger partial charge in [0.15, 0.2) is 0 Å². The summed E-state index contributed by atoms with van der Waals surface area (Å²) in [5.74, 6) is -2.76. The van der Waals surface area contributed by atoms with Gasteiger partial charge in [0.25, 0.3) is 5.91 Å². The maximum atomic E-state index is 13.8. The van der Waals surface area contributed by atoms with Crippen molar-refractivity contribution in [3.05, 3.63) is 71.0 Å². The van der Waals surface area contributed by atoms with Crippen LogP contribution in [0.2, 0.25) is 0 Å². The third-order valence-electron chi connectivity index (χ3n) is 3.95. The highest BCUT2D eigenvalue weighted by atomic mass is 19.1. The molecule has 2 aromatic rings. The van der Waals surface area contributed by atoms with Crippen molar-refractivity contribution < 1.29 is 18.0 Å². The van der Waals surface area contributed by atoms with Crippen LogP contribution in [-0.2, 0) is 0 Å². The van der Waals surface area contributed by atoms with Gasteiger partial charge in [-0.25, -0.2) is 13.2 Å². The summed E-state index contributed by atoms with van der Waals surface area (Å²) in [6.07, 6.45) is 1.43. The molecule has 0 saturated carbocycles. The molecule has 0 bridgehead atoms. The lowest BCUT2D eigenvalue weighted by molar-refractivity contribution is 0.0725. The summed E-state index contributed by atoms with van der Waals surface area (Å²) >= 11 is 0. The molecule has 2 aromatic carbocycles. The Hall–Kier alpha value is -2.30. The van der Waals surface area contributed by atoms with Gasteiger partial charge in [0.05, 0.1) is 6.04 Å². The summed E-state index contributed by atoms with van der Waals surface area (Å²) in [5, 5.41) is 0. The van der Waals surface area contributed by atoms with Crippen molar-refractivity contribution in [2.24, 2.45) is 0 Å². The SMILES string of the molecule is O=C(c1c(F)cccc1F)N1CCC[C@@H]1c1ccc(F)cc1. The molecule has 1 atom stereocenters. The zero-order valence-corrected chi connectivity index (χ0v) is 11.7. The molecule has 0 aromatic heterocycles. The first-order valence-electron chi connectivity index (χ1n) is 7.08. The van der Waals surface area contributed by atoms with E-state index in [9.17, 15) is 18.0 Å². The molecular weight excluding hydrogens is 291 g/mol. The first kappa shape index (κ1) is 14.6. The molecule has 22 heavy (non-hydrogen) atoms. The Morgan fingerprint density at radius 2 is 1.64 bits per heavy atom. The molecule has 1 fully saturated rings. The van der Waals surface area contributed by atoms with Crippen LogP contribution in [0.15, 0.2) is 42.5 Å². The van der Waals surface area contributed by atoms with Gasteiger partial charge < -0.3 is 4.90 Å². The summed E-state index contributed by atoms with van der Waals surface area (Å²) in [6.45, 7) is 0.425. The molecule has 3 rings (SSSR count). The standard InChI is InChI=1S/C17H14F3NO/c18-12-8-6-11(7-9-12)15-5-2-10-21(15)17(22)16-13(19)3-1-4-14(16)20/h1,3-4,6-9,15H,2,5,10H2/t15-/m1/s1. The predicted molar refractivity (Wildman–Crippen MR) is 75.8 cm³/mol. The normalized spacial score (nSPS) is 17.8. The van der Waals surface area contributed by atoms with Crippen LogP contribution >= 0.6 is 0 Å². The van der Waals surface area contributed by atoms with Crippen LogP contribution in [0.4, 0.5) is 13.2 Å². The van der Waals surface area contributed by atoms with E-state index in [1.165, 1.54) is 23.1 Å². The van der Waals surface area contributed by atoms with Crippen LogP contribution in [0.3, 0.4) is 0 Å². The van der Waals surface area contributed by atoms with Crippen molar-refractivity contribution in [3.63, 3.8) is 0 Å². The van der Waals surface area contributed by atoms with Crippen LogP contribution in [0.25, 0.3) is 0 Å². The van der Waals surface area contributed by atoms with Crippen molar-refractivity contribution >= 4 is 5.91 Å². The second-order valence-electron chi connectivity index (χ2n) is 5.30. The number of halogens is 3. The lowest BCUT2D eigenvalue weighted by Crippen LogP contribution is -2.32. The largest absolute Gasteiger partial charge is 0.331 e. The first-order chi connectivity index (χ1) is 10.6. The average molecular weight is 305 g/mol. The first-order valence-corrected chi connectivity index (χ1v) is 7.08. The van der Waals surface area contributed by atoms with Gasteiger partial charge >= 0.3 is 0 Å². The van der Waals surface area contributed by atoms with Gasteiger partial charge in [0.1, 0.15) is 23.0 Å². The lowest BCUT2D eigenvalue weighted by Gasteiger charge is -2.25. The highest BCUT2D eigenvalue weighted by Gasteiger charge is 2.33. The number of nitrogens with zero attached hydrogens (tertiary/aromatic N) is 1. The summed E-state index contributed by atoms with van der Waals surface area (Å²) in [5.41, 5.74) is 0.237. The zero-order chi connectivity index (χ0) is 15.7. The maximum Gasteiger partial charge on any atom is 0.260 e. The molecule has 0 N–H and O–H groups in total. The molecule has 2 nitrogen and oxygen atoms in total. The van der Waals surface area contributed by atoms with Crippen LogP contribution < -0.4 is 0 Å². The fourth-order valence-electron chi connectivity index (χ4n) is 2.89. The Balaban J connectivity index is 1.93. The van der Waals surface area contributed by atoms with E-state index in [4.69, 9.17) is 0 Å².